The van der Waals surface area contributed by atoms with Gasteiger partial charge in [-0.25, -0.2) is 8.78 Å². The number of ether oxygens (including phenoxy) is 1. The van der Waals surface area contributed by atoms with E-state index in [1.165, 1.54) is 0 Å². The molecule has 0 radical (unpaired) electrons. The summed E-state index contributed by atoms with van der Waals surface area (Å²) in [5.41, 5.74) is 0.113. The maximum absolute atomic E-state index is 12.2. The van der Waals surface area contributed by atoms with Crippen molar-refractivity contribution in [1.29, 1.82) is 0 Å². The van der Waals surface area contributed by atoms with E-state index in [2.05, 4.69) is 4.42 Å². The van der Waals surface area contributed by atoms with Crippen molar-refractivity contribution in [3.8, 4) is 5.75 Å². The number of hydrogen-bond acceptors (Lipinski definition) is 3. The summed E-state index contributed by atoms with van der Waals surface area (Å²) in [6.45, 7) is 0.160. The second-order valence-corrected chi connectivity index (χ2v) is 3.49. The maximum Gasteiger partial charge on any atom is 1.00 e. The van der Waals surface area contributed by atoms with Gasteiger partial charge in [0, 0.05) is 5.75 Å². The standard InChI is InChI=1S/C13H9F2O3.K/c14-13(15)11-6-10(16)12(8-18-11)17-7-9-4-2-1-3-5-9;/h1-5,8,13H,7H2;/q-1;+1. The fourth-order valence-electron chi connectivity index (χ4n) is 1.31. The summed E-state index contributed by atoms with van der Waals surface area (Å²) in [5.74, 6) is -0.921. The summed E-state index contributed by atoms with van der Waals surface area (Å²) >= 11 is 0. The van der Waals surface area contributed by atoms with Crippen molar-refractivity contribution in [3.05, 3.63) is 64.2 Å². The molecular formula is C13H9F2KO3. The van der Waals surface area contributed by atoms with Gasteiger partial charge >= 0.3 is 51.4 Å². The van der Waals surface area contributed by atoms with E-state index < -0.39 is 17.6 Å². The van der Waals surface area contributed by atoms with Crippen LogP contribution >= 0.6 is 0 Å². The van der Waals surface area contributed by atoms with Gasteiger partial charge in [0.25, 0.3) is 6.43 Å². The van der Waals surface area contributed by atoms with Gasteiger partial charge in [0.1, 0.15) is 0 Å². The molecule has 2 aromatic rings. The molecule has 0 saturated carbocycles. The Morgan fingerprint density at radius 2 is 1.95 bits per heavy atom. The third-order valence-corrected chi connectivity index (χ3v) is 2.19. The van der Waals surface area contributed by atoms with E-state index >= 15 is 0 Å². The quantitative estimate of drug-likeness (QED) is 0.586. The number of benzene rings is 1. The zero-order valence-electron chi connectivity index (χ0n) is 10.2. The monoisotopic (exact) mass is 290 g/mol. The maximum atomic E-state index is 12.2. The van der Waals surface area contributed by atoms with E-state index in [1.807, 2.05) is 36.4 Å². The first kappa shape index (κ1) is 16.5. The Kier molecular flexibility index (Phi) is 6.88. The molecule has 6 heteroatoms. The van der Waals surface area contributed by atoms with Gasteiger partial charge in [0.15, 0.2) is 0 Å². The molecule has 0 spiro atoms. The SMILES string of the molecule is O=c1[c-]c(C(F)F)occ1OCc1ccccc1.[K+]. The average molecular weight is 290 g/mol. The predicted octanol–water partition coefficient (Wildman–Crippen LogP) is -0.0394. The van der Waals surface area contributed by atoms with E-state index in [0.717, 1.165) is 11.8 Å². The first-order valence-electron chi connectivity index (χ1n) is 5.16. The van der Waals surface area contributed by atoms with E-state index in [-0.39, 0.29) is 63.7 Å². The zero-order valence-corrected chi connectivity index (χ0v) is 13.4. The smallest absolute Gasteiger partial charge is 0.568 e. The van der Waals surface area contributed by atoms with Gasteiger partial charge in [-0.3, -0.25) is 0 Å². The normalized spacial score (nSPS) is 10.1. The summed E-state index contributed by atoms with van der Waals surface area (Å²) in [4.78, 5) is 11.4. The Morgan fingerprint density at radius 3 is 2.53 bits per heavy atom. The number of alkyl halides is 2. The van der Waals surface area contributed by atoms with Crippen LogP contribution < -0.4 is 61.6 Å². The van der Waals surface area contributed by atoms with Gasteiger partial charge in [-0.05, 0) is 5.56 Å². The van der Waals surface area contributed by atoms with E-state index in [4.69, 9.17) is 4.74 Å². The zero-order chi connectivity index (χ0) is 13.0. The Bertz CT molecular complexity index is 570. The topological polar surface area (TPSA) is 39.4 Å². The molecule has 2 rings (SSSR count). The molecule has 0 aliphatic heterocycles. The number of halogens is 2. The van der Waals surface area contributed by atoms with Crippen LogP contribution in [0.5, 0.6) is 5.75 Å². The molecule has 1 aromatic heterocycles. The van der Waals surface area contributed by atoms with Crippen LogP contribution in [-0.2, 0) is 6.61 Å². The van der Waals surface area contributed by atoms with Crippen molar-refractivity contribution in [3.63, 3.8) is 0 Å². The Hall–Kier alpha value is -0.534. The third-order valence-electron chi connectivity index (χ3n) is 2.19. The van der Waals surface area contributed by atoms with Gasteiger partial charge in [0.2, 0.25) is 0 Å². The molecular weight excluding hydrogens is 281 g/mol. The molecule has 0 aliphatic carbocycles. The summed E-state index contributed by atoms with van der Waals surface area (Å²) < 4.78 is 34.2. The van der Waals surface area contributed by atoms with E-state index in [0.29, 0.717) is 0 Å². The van der Waals surface area contributed by atoms with Gasteiger partial charge < -0.3 is 13.9 Å². The Labute approximate surface area is 151 Å². The second kappa shape index (κ2) is 7.91. The molecule has 0 atom stereocenters. The minimum Gasteiger partial charge on any atom is -0.568 e. The van der Waals surface area contributed by atoms with Crippen molar-refractivity contribution in [1.82, 2.24) is 0 Å². The number of hydrogen-bond donors (Lipinski definition) is 0. The molecule has 0 N–H and O–H groups in total. The average Bonchev–Trinajstić information content (AvgIpc) is 2.38. The van der Waals surface area contributed by atoms with Crippen LogP contribution in [0.2, 0.25) is 0 Å². The van der Waals surface area contributed by atoms with Crippen molar-refractivity contribution >= 4 is 0 Å². The van der Waals surface area contributed by atoms with Crippen LogP contribution in [0.1, 0.15) is 17.7 Å². The molecule has 0 unspecified atom stereocenters. The summed E-state index contributed by atoms with van der Waals surface area (Å²) in [7, 11) is 0. The first-order chi connectivity index (χ1) is 8.66. The molecule has 0 fully saturated rings. The molecule has 0 amide bonds. The van der Waals surface area contributed by atoms with Crippen molar-refractivity contribution in [2.45, 2.75) is 13.0 Å². The first-order valence-corrected chi connectivity index (χ1v) is 5.16. The van der Waals surface area contributed by atoms with Crippen molar-refractivity contribution in [2.75, 3.05) is 0 Å². The molecule has 94 valence electrons. The molecule has 1 aromatic carbocycles. The van der Waals surface area contributed by atoms with Gasteiger partial charge in [-0.2, -0.15) is 6.07 Å². The molecule has 19 heavy (non-hydrogen) atoms. The summed E-state index contributed by atoms with van der Waals surface area (Å²) in [5, 5.41) is 0. The molecule has 3 nitrogen and oxygen atoms in total. The van der Waals surface area contributed by atoms with E-state index in [1.54, 1.807) is 0 Å². The fourth-order valence-corrected chi connectivity index (χ4v) is 1.31. The van der Waals surface area contributed by atoms with E-state index in [9.17, 15) is 13.6 Å². The van der Waals surface area contributed by atoms with Crippen molar-refractivity contribution < 1.29 is 69.3 Å². The molecule has 0 bridgehead atoms. The van der Waals surface area contributed by atoms with Gasteiger partial charge in [0.05, 0.1) is 24.1 Å². The Balaban J connectivity index is 0.00000180. The third kappa shape index (κ3) is 4.81. The van der Waals surface area contributed by atoms with Crippen LogP contribution in [-0.4, -0.2) is 0 Å². The molecule has 1 heterocycles. The van der Waals surface area contributed by atoms with Crippen LogP contribution in [0.15, 0.2) is 45.8 Å². The van der Waals surface area contributed by atoms with Crippen molar-refractivity contribution in [2.24, 2.45) is 0 Å². The number of rotatable bonds is 4. The fraction of sp³-hybridized carbons (Fsp3) is 0.154. The van der Waals surface area contributed by atoms with Gasteiger partial charge in [-0.15, -0.1) is 0 Å². The largest absolute Gasteiger partial charge is 1.00 e. The van der Waals surface area contributed by atoms with Gasteiger partial charge in [-0.1, -0.05) is 30.3 Å². The summed E-state index contributed by atoms with van der Waals surface area (Å²) in [6, 6.07) is 11.1. The minimum atomic E-state index is -2.86. The van der Waals surface area contributed by atoms with Crippen LogP contribution in [0.25, 0.3) is 0 Å². The summed E-state index contributed by atoms with van der Waals surface area (Å²) in [6.07, 6.45) is -1.98. The minimum absolute atomic E-state index is 0. The molecule has 0 aliphatic rings. The van der Waals surface area contributed by atoms with Crippen LogP contribution in [0.4, 0.5) is 8.78 Å². The van der Waals surface area contributed by atoms with Crippen LogP contribution in [0, 0.1) is 6.07 Å². The van der Waals surface area contributed by atoms with Crippen LogP contribution in [0.3, 0.4) is 0 Å². The Morgan fingerprint density at radius 1 is 1.26 bits per heavy atom. The predicted molar refractivity (Wildman–Crippen MR) is 59.5 cm³/mol. The molecule has 0 saturated heterocycles. The second-order valence-electron chi connectivity index (χ2n) is 3.49.